The molecule has 0 unspecified atom stereocenters. The second kappa shape index (κ2) is 4.74. The first-order valence-corrected chi connectivity index (χ1v) is 4.79. The molecule has 0 aliphatic rings. The summed E-state index contributed by atoms with van der Waals surface area (Å²) in [5.41, 5.74) is 0.428. The molecule has 2 nitrogen and oxygen atoms in total. The highest BCUT2D eigenvalue weighted by Gasteiger charge is 2.32. The molecule has 0 fully saturated rings. The Balaban J connectivity index is 3.07. The van der Waals surface area contributed by atoms with Gasteiger partial charge in [-0.2, -0.15) is 0 Å². The van der Waals surface area contributed by atoms with Crippen LogP contribution in [0.15, 0.2) is 18.2 Å². The average Bonchev–Trinajstić information content (AvgIpc) is 2.15. The summed E-state index contributed by atoms with van der Waals surface area (Å²) >= 11 is 5.22. The Hall–Kier alpha value is -1.23. The van der Waals surface area contributed by atoms with Gasteiger partial charge in [-0.05, 0) is 41.8 Å². The maximum Gasteiger partial charge on any atom is 0.573 e. The van der Waals surface area contributed by atoms with E-state index in [0.29, 0.717) is 6.42 Å². The zero-order valence-corrected chi connectivity index (χ0v) is 9.02. The number of rotatable bonds is 3. The highest BCUT2D eigenvalue weighted by Crippen LogP contribution is 2.27. The molecule has 0 aliphatic heterocycles. The van der Waals surface area contributed by atoms with Gasteiger partial charge in [0.1, 0.15) is 5.75 Å². The Bertz CT molecular complexity index is 402. The summed E-state index contributed by atoms with van der Waals surface area (Å²) < 4.78 is 39.8. The number of aryl methyl sites for hydroxylation is 1. The van der Waals surface area contributed by atoms with Crippen LogP contribution in [0.2, 0.25) is 0 Å². The van der Waals surface area contributed by atoms with Gasteiger partial charge < -0.3 is 4.74 Å². The summed E-state index contributed by atoms with van der Waals surface area (Å²) in [5, 5.41) is -0.715. The summed E-state index contributed by atoms with van der Waals surface area (Å²) in [7, 11) is 0. The molecule has 88 valence electrons. The van der Waals surface area contributed by atoms with Gasteiger partial charge in [0, 0.05) is 5.56 Å². The van der Waals surface area contributed by atoms with Gasteiger partial charge in [0.15, 0.2) is 0 Å². The fourth-order valence-corrected chi connectivity index (χ4v) is 1.32. The van der Waals surface area contributed by atoms with Crippen molar-refractivity contribution in [3.8, 4) is 5.75 Å². The van der Waals surface area contributed by atoms with E-state index in [1.807, 2.05) is 0 Å². The quantitative estimate of drug-likeness (QED) is 0.770. The van der Waals surface area contributed by atoms with Crippen LogP contribution < -0.4 is 4.74 Å². The van der Waals surface area contributed by atoms with Crippen molar-refractivity contribution < 1.29 is 22.7 Å². The molecule has 0 aliphatic carbocycles. The lowest BCUT2D eigenvalue weighted by molar-refractivity contribution is -0.274. The lowest BCUT2D eigenvalue weighted by atomic mass is 10.1. The zero-order chi connectivity index (χ0) is 12.3. The fourth-order valence-electron chi connectivity index (χ4n) is 1.20. The minimum atomic E-state index is -4.74. The molecule has 16 heavy (non-hydrogen) atoms. The van der Waals surface area contributed by atoms with E-state index in [1.165, 1.54) is 12.1 Å². The number of alkyl halides is 3. The van der Waals surface area contributed by atoms with Crippen molar-refractivity contribution in [1.82, 2.24) is 0 Å². The average molecular weight is 253 g/mol. The van der Waals surface area contributed by atoms with Crippen LogP contribution in [0.25, 0.3) is 0 Å². The fraction of sp³-hybridized carbons (Fsp3) is 0.300. The van der Waals surface area contributed by atoms with Crippen LogP contribution in [-0.4, -0.2) is 11.6 Å². The van der Waals surface area contributed by atoms with Crippen LogP contribution >= 0.6 is 11.6 Å². The highest BCUT2D eigenvalue weighted by molar-refractivity contribution is 6.67. The lowest BCUT2D eigenvalue weighted by Gasteiger charge is -2.12. The summed E-state index contributed by atoms with van der Waals surface area (Å²) in [6, 6.07) is 3.56. The first-order chi connectivity index (χ1) is 7.33. The number of benzene rings is 1. The van der Waals surface area contributed by atoms with Crippen molar-refractivity contribution in [1.29, 1.82) is 0 Å². The molecule has 1 rings (SSSR count). The van der Waals surface area contributed by atoms with E-state index >= 15 is 0 Å². The van der Waals surface area contributed by atoms with Crippen LogP contribution in [0.5, 0.6) is 5.75 Å². The molecule has 1 aromatic carbocycles. The molecular weight excluding hydrogens is 245 g/mol. The van der Waals surface area contributed by atoms with E-state index in [4.69, 9.17) is 11.6 Å². The third kappa shape index (κ3) is 3.41. The summed E-state index contributed by atoms with van der Waals surface area (Å²) in [5.74, 6) is -0.309. The molecule has 0 bridgehead atoms. The monoisotopic (exact) mass is 252 g/mol. The van der Waals surface area contributed by atoms with E-state index in [9.17, 15) is 18.0 Å². The molecule has 0 radical (unpaired) electrons. The van der Waals surface area contributed by atoms with Crippen molar-refractivity contribution in [2.45, 2.75) is 19.7 Å². The van der Waals surface area contributed by atoms with E-state index in [2.05, 4.69) is 4.74 Å². The number of halogens is 4. The van der Waals surface area contributed by atoms with Gasteiger partial charge in [0.05, 0.1) is 0 Å². The topological polar surface area (TPSA) is 26.3 Å². The third-order valence-electron chi connectivity index (χ3n) is 1.89. The van der Waals surface area contributed by atoms with Gasteiger partial charge in [0.2, 0.25) is 0 Å². The van der Waals surface area contributed by atoms with Crippen LogP contribution in [-0.2, 0) is 6.42 Å². The van der Waals surface area contributed by atoms with Gasteiger partial charge in [-0.1, -0.05) is 6.92 Å². The smallest absolute Gasteiger partial charge is 0.406 e. The number of hydrogen-bond donors (Lipinski definition) is 0. The van der Waals surface area contributed by atoms with E-state index in [-0.39, 0.29) is 16.9 Å². The molecule has 0 saturated carbocycles. The lowest BCUT2D eigenvalue weighted by Crippen LogP contribution is -2.18. The number of carbonyl (C=O) groups excluding carboxylic acids is 1. The predicted molar refractivity (Wildman–Crippen MR) is 52.7 cm³/mol. The van der Waals surface area contributed by atoms with Gasteiger partial charge >= 0.3 is 6.36 Å². The first kappa shape index (κ1) is 12.8. The third-order valence-corrected chi connectivity index (χ3v) is 2.11. The van der Waals surface area contributed by atoms with Gasteiger partial charge in [-0.3, -0.25) is 4.79 Å². The summed E-state index contributed by atoms with van der Waals surface area (Å²) in [4.78, 5) is 10.8. The normalized spacial score (nSPS) is 11.3. The van der Waals surface area contributed by atoms with E-state index in [1.54, 1.807) is 6.92 Å². The molecule has 0 amide bonds. The molecule has 0 spiro atoms. The molecule has 0 N–H and O–H groups in total. The maximum absolute atomic E-state index is 12.0. The second-order valence-corrected chi connectivity index (χ2v) is 3.34. The molecule has 1 aromatic rings. The standard InChI is InChI=1S/C10H8ClF3O2/c1-2-6-5-7(9(11)15)3-4-8(6)16-10(12,13)14/h3-5H,2H2,1H3. The Morgan fingerprint density at radius 2 is 2.06 bits per heavy atom. The van der Waals surface area contributed by atoms with Crippen LogP contribution in [0.3, 0.4) is 0 Å². The Morgan fingerprint density at radius 1 is 1.44 bits per heavy atom. The molecule has 0 aromatic heterocycles. The van der Waals surface area contributed by atoms with Crippen LogP contribution in [0.4, 0.5) is 13.2 Å². The van der Waals surface area contributed by atoms with Crippen molar-refractivity contribution in [2.24, 2.45) is 0 Å². The largest absolute Gasteiger partial charge is 0.573 e. The minimum Gasteiger partial charge on any atom is -0.406 e. The van der Waals surface area contributed by atoms with Crippen molar-refractivity contribution in [2.75, 3.05) is 0 Å². The number of ether oxygens (including phenoxy) is 1. The SMILES string of the molecule is CCc1cc(C(=O)Cl)ccc1OC(F)(F)F. The van der Waals surface area contributed by atoms with Crippen LogP contribution in [0, 0.1) is 0 Å². The molecule has 6 heteroatoms. The highest BCUT2D eigenvalue weighted by atomic mass is 35.5. The van der Waals surface area contributed by atoms with Gasteiger partial charge in [0.25, 0.3) is 5.24 Å². The van der Waals surface area contributed by atoms with E-state index < -0.39 is 11.6 Å². The van der Waals surface area contributed by atoms with Crippen molar-refractivity contribution in [3.63, 3.8) is 0 Å². The Kier molecular flexibility index (Phi) is 3.80. The van der Waals surface area contributed by atoms with Crippen molar-refractivity contribution >= 4 is 16.8 Å². The van der Waals surface area contributed by atoms with Gasteiger partial charge in [-0.25, -0.2) is 0 Å². The number of carbonyl (C=O) groups is 1. The van der Waals surface area contributed by atoms with Crippen molar-refractivity contribution in [3.05, 3.63) is 29.3 Å². The van der Waals surface area contributed by atoms with E-state index in [0.717, 1.165) is 6.07 Å². The van der Waals surface area contributed by atoms with Gasteiger partial charge in [-0.15, -0.1) is 13.2 Å². The van der Waals surface area contributed by atoms with Crippen LogP contribution in [0.1, 0.15) is 22.8 Å². The molecular formula is C10H8ClF3O2. The molecule has 0 heterocycles. The predicted octanol–water partition coefficient (Wildman–Crippen LogP) is 3.53. The summed E-state index contributed by atoms with van der Waals surface area (Å²) in [6.45, 7) is 1.65. The molecule has 0 atom stereocenters. The Labute approximate surface area is 95.0 Å². The first-order valence-electron chi connectivity index (χ1n) is 4.42. The summed E-state index contributed by atoms with van der Waals surface area (Å²) in [6.07, 6.45) is -4.43. The second-order valence-electron chi connectivity index (χ2n) is 3.00. The maximum atomic E-state index is 12.0. The number of hydrogen-bond acceptors (Lipinski definition) is 2. The Morgan fingerprint density at radius 3 is 2.50 bits per heavy atom. The molecule has 0 saturated heterocycles. The zero-order valence-electron chi connectivity index (χ0n) is 8.27. The minimum absolute atomic E-state index is 0.146.